The number of nitrogens with one attached hydrogen (secondary N) is 1. The van der Waals surface area contributed by atoms with Gasteiger partial charge in [0.1, 0.15) is 0 Å². The van der Waals surface area contributed by atoms with Crippen molar-refractivity contribution in [2.45, 2.75) is 52.1 Å². The van der Waals surface area contributed by atoms with Gasteiger partial charge in [-0.15, -0.1) is 0 Å². The molecule has 1 saturated carbocycles. The fourth-order valence-corrected chi connectivity index (χ4v) is 3.02. The summed E-state index contributed by atoms with van der Waals surface area (Å²) in [7, 11) is 0. The van der Waals surface area contributed by atoms with Gasteiger partial charge in [-0.2, -0.15) is 0 Å². The van der Waals surface area contributed by atoms with Crippen LogP contribution in [0.4, 0.5) is 5.69 Å². The predicted molar refractivity (Wildman–Crippen MR) is 81.5 cm³/mol. The molecular formula is C17H26N2. The molecule has 1 aliphatic carbocycles. The van der Waals surface area contributed by atoms with Gasteiger partial charge in [-0.3, -0.25) is 0 Å². The van der Waals surface area contributed by atoms with E-state index in [1.807, 2.05) is 0 Å². The first-order valence-corrected chi connectivity index (χ1v) is 7.82. The smallest absolute Gasteiger partial charge is 0.0366 e. The summed E-state index contributed by atoms with van der Waals surface area (Å²) < 4.78 is 0. The van der Waals surface area contributed by atoms with E-state index in [0.717, 1.165) is 12.6 Å². The van der Waals surface area contributed by atoms with Crippen LogP contribution in [0.15, 0.2) is 24.3 Å². The molecule has 0 amide bonds. The molecule has 1 heterocycles. The summed E-state index contributed by atoms with van der Waals surface area (Å²) in [5, 5.41) is 3.57. The Kier molecular flexibility index (Phi) is 3.53. The lowest BCUT2D eigenvalue weighted by Gasteiger charge is -2.51. The molecule has 2 heteroatoms. The Balaban J connectivity index is 1.54. The van der Waals surface area contributed by atoms with Crippen LogP contribution in [0.3, 0.4) is 0 Å². The highest BCUT2D eigenvalue weighted by molar-refractivity contribution is 5.50. The molecule has 2 nitrogen and oxygen atoms in total. The highest BCUT2D eigenvalue weighted by Gasteiger charge is 2.39. The van der Waals surface area contributed by atoms with E-state index in [4.69, 9.17) is 0 Å². The largest absolute Gasteiger partial charge is 0.370 e. The Morgan fingerprint density at radius 1 is 1.11 bits per heavy atom. The van der Waals surface area contributed by atoms with Crippen LogP contribution in [-0.2, 0) is 6.54 Å². The van der Waals surface area contributed by atoms with Crippen LogP contribution in [0, 0.1) is 5.41 Å². The molecule has 2 fully saturated rings. The van der Waals surface area contributed by atoms with Crippen molar-refractivity contribution >= 4 is 5.69 Å². The Morgan fingerprint density at radius 2 is 1.74 bits per heavy atom. The molecule has 1 aliphatic heterocycles. The molecule has 0 aromatic heterocycles. The zero-order valence-electron chi connectivity index (χ0n) is 12.3. The van der Waals surface area contributed by atoms with Crippen molar-refractivity contribution in [1.82, 2.24) is 5.32 Å². The summed E-state index contributed by atoms with van der Waals surface area (Å²) in [5.74, 6) is 0. The molecule has 19 heavy (non-hydrogen) atoms. The van der Waals surface area contributed by atoms with Crippen LogP contribution in [0.1, 0.15) is 45.1 Å². The first-order valence-electron chi connectivity index (χ1n) is 7.82. The normalized spacial score (nSPS) is 21.3. The third kappa shape index (κ3) is 2.79. The summed E-state index contributed by atoms with van der Waals surface area (Å²) >= 11 is 0. The number of anilines is 1. The van der Waals surface area contributed by atoms with E-state index < -0.39 is 0 Å². The number of hydrogen-bond donors (Lipinski definition) is 1. The lowest BCUT2D eigenvalue weighted by atomic mass is 9.75. The minimum absolute atomic E-state index is 0.589. The minimum atomic E-state index is 0.589. The monoisotopic (exact) mass is 258 g/mol. The zero-order valence-corrected chi connectivity index (χ0v) is 12.3. The molecule has 1 aromatic carbocycles. The van der Waals surface area contributed by atoms with Gasteiger partial charge in [0.15, 0.2) is 0 Å². The topological polar surface area (TPSA) is 15.3 Å². The number of rotatable bonds is 6. The number of hydrogen-bond acceptors (Lipinski definition) is 2. The lowest BCUT2D eigenvalue weighted by molar-refractivity contribution is 0.194. The quantitative estimate of drug-likeness (QED) is 0.839. The standard InChI is InChI=1S/C17H26N2/c1-3-17(4-2)12-19(13-17)16-9-5-14(6-10-16)11-18-15-7-8-15/h5-6,9-10,15,18H,3-4,7-8,11-13H2,1-2H3. The first-order chi connectivity index (χ1) is 9.24. The summed E-state index contributed by atoms with van der Waals surface area (Å²) in [6, 6.07) is 9.94. The molecule has 0 radical (unpaired) electrons. The van der Waals surface area contributed by atoms with Crippen molar-refractivity contribution in [2.75, 3.05) is 18.0 Å². The van der Waals surface area contributed by atoms with Gasteiger partial charge in [0, 0.05) is 36.8 Å². The molecule has 1 saturated heterocycles. The number of benzene rings is 1. The van der Waals surface area contributed by atoms with Crippen LogP contribution in [0.2, 0.25) is 0 Å². The maximum absolute atomic E-state index is 3.57. The van der Waals surface area contributed by atoms with E-state index in [1.54, 1.807) is 0 Å². The summed E-state index contributed by atoms with van der Waals surface area (Å²) in [6.45, 7) is 8.15. The second kappa shape index (κ2) is 5.16. The maximum atomic E-state index is 3.57. The summed E-state index contributed by atoms with van der Waals surface area (Å²) in [6.07, 6.45) is 5.34. The Morgan fingerprint density at radius 3 is 2.26 bits per heavy atom. The molecule has 104 valence electrons. The second-order valence-corrected chi connectivity index (χ2v) is 6.38. The van der Waals surface area contributed by atoms with Gasteiger partial charge < -0.3 is 10.2 Å². The highest BCUT2D eigenvalue weighted by atomic mass is 15.2. The minimum Gasteiger partial charge on any atom is -0.370 e. The molecule has 1 aromatic rings. The van der Waals surface area contributed by atoms with Gasteiger partial charge in [0.25, 0.3) is 0 Å². The molecule has 0 bridgehead atoms. The van der Waals surface area contributed by atoms with E-state index in [1.165, 1.54) is 50.0 Å². The van der Waals surface area contributed by atoms with Gasteiger partial charge in [-0.1, -0.05) is 26.0 Å². The Hall–Kier alpha value is -1.02. The van der Waals surface area contributed by atoms with E-state index >= 15 is 0 Å². The van der Waals surface area contributed by atoms with E-state index in [0.29, 0.717) is 5.41 Å². The number of nitrogens with zero attached hydrogens (tertiary/aromatic N) is 1. The first kappa shape index (κ1) is 13.0. The molecule has 0 atom stereocenters. The fourth-order valence-electron chi connectivity index (χ4n) is 3.02. The SMILES string of the molecule is CCC1(CC)CN(c2ccc(CNC3CC3)cc2)C1. The van der Waals surface area contributed by atoms with Crippen LogP contribution in [0.5, 0.6) is 0 Å². The molecule has 3 rings (SSSR count). The van der Waals surface area contributed by atoms with Gasteiger partial charge >= 0.3 is 0 Å². The summed E-state index contributed by atoms with van der Waals surface area (Å²) in [4.78, 5) is 2.52. The zero-order chi connectivity index (χ0) is 13.3. The van der Waals surface area contributed by atoms with Crippen molar-refractivity contribution < 1.29 is 0 Å². The van der Waals surface area contributed by atoms with Crippen molar-refractivity contribution in [3.8, 4) is 0 Å². The highest BCUT2D eigenvalue weighted by Crippen LogP contribution is 2.39. The van der Waals surface area contributed by atoms with E-state index in [9.17, 15) is 0 Å². The third-order valence-corrected chi connectivity index (χ3v) is 5.03. The van der Waals surface area contributed by atoms with Crippen molar-refractivity contribution in [1.29, 1.82) is 0 Å². The molecule has 0 unspecified atom stereocenters. The maximum Gasteiger partial charge on any atom is 0.0366 e. The third-order valence-electron chi connectivity index (χ3n) is 5.03. The van der Waals surface area contributed by atoms with Crippen LogP contribution < -0.4 is 10.2 Å². The van der Waals surface area contributed by atoms with Gasteiger partial charge in [0.2, 0.25) is 0 Å². The van der Waals surface area contributed by atoms with Gasteiger partial charge in [0.05, 0.1) is 0 Å². The predicted octanol–water partition coefficient (Wildman–Crippen LogP) is 3.57. The fraction of sp³-hybridized carbons (Fsp3) is 0.647. The average Bonchev–Trinajstić information content (AvgIpc) is 3.22. The molecule has 2 aliphatic rings. The molecular weight excluding hydrogens is 232 g/mol. The van der Waals surface area contributed by atoms with Crippen molar-refractivity contribution in [3.63, 3.8) is 0 Å². The Bertz CT molecular complexity index is 407. The second-order valence-electron chi connectivity index (χ2n) is 6.38. The van der Waals surface area contributed by atoms with Crippen molar-refractivity contribution in [3.05, 3.63) is 29.8 Å². The van der Waals surface area contributed by atoms with Crippen LogP contribution in [-0.4, -0.2) is 19.1 Å². The van der Waals surface area contributed by atoms with Gasteiger partial charge in [-0.05, 0) is 43.4 Å². The summed E-state index contributed by atoms with van der Waals surface area (Å²) in [5.41, 5.74) is 3.40. The van der Waals surface area contributed by atoms with Gasteiger partial charge in [-0.25, -0.2) is 0 Å². The molecule has 0 spiro atoms. The van der Waals surface area contributed by atoms with E-state index in [-0.39, 0.29) is 0 Å². The van der Waals surface area contributed by atoms with Crippen LogP contribution in [0.25, 0.3) is 0 Å². The Labute approximate surface area is 117 Å². The van der Waals surface area contributed by atoms with E-state index in [2.05, 4.69) is 48.3 Å². The van der Waals surface area contributed by atoms with Crippen molar-refractivity contribution in [2.24, 2.45) is 5.41 Å². The van der Waals surface area contributed by atoms with Crippen LogP contribution >= 0.6 is 0 Å². The lowest BCUT2D eigenvalue weighted by Crippen LogP contribution is -2.55. The molecule has 1 N–H and O–H groups in total. The average molecular weight is 258 g/mol.